The van der Waals surface area contributed by atoms with Crippen LogP contribution in [-0.4, -0.2) is 32.7 Å². The average Bonchev–Trinajstić information content (AvgIpc) is 2.84. The molecule has 0 bridgehead atoms. The fourth-order valence-electron chi connectivity index (χ4n) is 3.14. The van der Waals surface area contributed by atoms with Crippen molar-refractivity contribution in [2.75, 3.05) is 6.54 Å². The van der Waals surface area contributed by atoms with E-state index in [0.717, 1.165) is 19.3 Å². The van der Waals surface area contributed by atoms with Crippen LogP contribution < -0.4 is 16.7 Å². The number of nitrogens with zero attached hydrogens (tertiary/aromatic N) is 3. The Hall–Kier alpha value is -1.86. The number of aromatic nitrogens is 3. The number of amides is 1. The highest BCUT2D eigenvalue weighted by Gasteiger charge is 2.25. The van der Waals surface area contributed by atoms with Crippen molar-refractivity contribution in [1.82, 2.24) is 19.5 Å². The maximum Gasteiger partial charge on any atom is 0.350 e. The van der Waals surface area contributed by atoms with E-state index in [2.05, 4.69) is 10.4 Å². The van der Waals surface area contributed by atoms with Gasteiger partial charge in [-0.1, -0.05) is 18.9 Å². The molecular weight excluding hydrogens is 318 g/mol. The third-order valence-corrected chi connectivity index (χ3v) is 4.34. The van der Waals surface area contributed by atoms with E-state index < -0.39 is 0 Å². The number of carbonyl (C=O) groups excluding carboxylic acids is 1. The summed E-state index contributed by atoms with van der Waals surface area (Å²) < 4.78 is 2.63. The largest absolute Gasteiger partial charge is 0.351 e. The fraction of sp³-hybridized carbons (Fsp3) is 0.533. The normalized spacial score (nSPS) is 20.9. The van der Waals surface area contributed by atoms with Gasteiger partial charge in [0.1, 0.15) is 6.54 Å². The smallest absolute Gasteiger partial charge is 0.350 e. The zero-order chi connectivity index (χ0) is 15.5. The minimum atomic E-state index is -0.301. The lowest BCUT2D eigenvalue weighted by Crippen LogP contribution is -2.46. The number of halogens is 1. The molecule has 2 atom stereocenters. The van der Waals surface area contributed by atoms with Gasteiger partial charge in [-0.25, -0.2) is 9.48 Å². The first-order chi connectivity index (χ1) is 10.7. The topological polar surface area (TPSA) is 94.4 Å². The van der Waals surface area contributed by atoms with E-state index in [4.69, 9.17) is 5.73 Å². The molecule has 2 aromatic rings. The summed E-state index contributed by atoms with van der Waals surface area (Å²) in [7, 11) is 0. The summed E-state index contributed by atoms with van der Waals surface area (Å²) in [6.45, 7) is 0.521. The van der Waals surface area contributed by atoms with E-state index in [1.165, 1.54) is 15.5 Å². The Morgan fingerprint density at radius 3 is 2.87 bits per heavy atom. The second-order valence-electron chi connectivity index (χ2n) is 5.82. The molecule has 1 amide bonds. The van der Waals surface area contributed by atoms with E-state index in [1.54, 1.807) is 24.4 Å². The quantitative estimate of drug-likeness (QED) is 0.850. The average molecular weight is 340 g/mol. The number of pyridine rings is 1. The number of nitrogens with one attached hydrogen (secondary N) is 1. The Balaban J connectivity index is 0.00000192. The molecule has 2 heterocycles. The molecule has 1 aliphatic carbocycles. The molecule has 0 aromatic carbocycles. The van der Waals surface area contributed by atoms with Crippen LogP contribution in [0.5, 0.6) is 0 Å². The van der Waals surface area contributed by atoms with Gasteiger partial charge in [-0.15, -0.1) is 17.5 Å². The third kappa shape index (κ3) is 3.73. The molecule has 0 spiro atoms. The monoisotopic (exact) mass is 339 g/mol. The molecule has 126 valence electrons. The standard InChI is InChI=1S/C15H21N5O2.ClH/c16-9-11-5-1-2-6-12(11)17-14(21)10-20-15(22)19-8-4-3-7-13(19)18-20;/h3-4,7-8,11-12H,1-2,5-6,9-10,16H2,(H,17,21);1H. The predicted molar refractivity (Wildman–Crippen MR) is 89.6 cm³/mol. The number of hydrogen-bond acceptors (Lipinski definition) is 4. The van der Waals surface area contributed by atoms with Crippen molar-refractivity contribution in [1.29, 1.82) is 0 Å². The van der Waals surface area contributed by atoms with Gasteiger partial charge in [-0.05, 0) is 37.4 Å². The van der Waals surface area contributed by atoms with E-state index in [0.29, 0.717) is 18.1 Å². The van der Waals surface area contributed by atoms with Crippen molar-refractivity contribution >= 4 is 24.0 Å². The van der Waals surface area contributed by atoms with Gasteiger partial charge in [0, 0.05) is 12.2 Å². The number of fused-ring (bicyclic) bond motifs is 1. The zero-order valence-corrected chi connectivity index (χ0v) is 13.7. The first-order valence-electron chi connectivity index (χ1n) is 7.72. The van der Waals surface area contributed by atoms with Gasteiger partial charge < -0.3 is 11.1 Å². The van der Waals surface area contributed by atoms with Crippen molar-refractivity contribution < 1.29 is 4.79 Å². The summed E-state index contributed by atoms with van der Waals surface area (Å²) >= 11 is 0. The lowest BCUT2D eigenvalue weighted by molar-refractivity contribution is -0.123. The van der Waals surface area contributed by atoms with E-state index in [-0.39, 0.29) is 36.6 Å². The van der Waals surface area contributed by atoms with Crippen LogP contribution in [0, 0.1) is 5.92 Å². The van der Waals surface area contributed by atoms with Gasteiger partial charge in [-0.3, -0.25) is 9.20 Å². The molecule has 1 saturated carbocycles. The Morgan fingerprint density at radius 2 is 2.13 bits per heavy atom. The van der Waals surface area contributed by atoms with Gasteiger partial charge in [0.2, 0.25) is 5.91 Å². The molecule has 0 aliphatic heterocycles. The van der Waals surface area contributed by atoms with Crippen LogP contribution in [0.15, 0.2) is 29.2 Å². The molecular formula is C15H22ClN5O2. The van der Waals surface area contributed by atoms with Crippen molar-refractivity contribution in [3.05, 3.63) is 34.9 Å². The summed E-state index contributed by atoms with van der Waals surface area (Å²) in [6, 6.07) is 5.41. The van der Waals surface area contributed by atoms with Gasteiger partial charge >= 0.3 is 5.69 Å². The van der Waals surface area contributed by atoms with Crippen LogP contribution in [0.2, 0.25) is 0 Å². The van der Waals surface area contributed by atoms with Crippen LogP contribution in [-0.2, 0) is 11.3 Å². The minimum Gasteiger partial charge on any atom is -0.351 e. The second kappa shape index (κ2) is 7.61. The van der Waals surface area contributed by atoms with Crippen molar-refractivity contribution in [3.8, 4) is 0 Å². The molecule has 1 fully saturated rings. The SMILES string of the molecule is Cl.NCC1CCCCC1NC(=O)Cn1nc2ccccn2c1=O. The zero-order valence-electron chi connectivity index (χ0n) is 12.9. The number of hydrogen-bond donors (Lipinski definition) is 2. The third-order valence-electron chi connectivity index (χ3n) is 4.34. The summed E-state index contributed by atoms with van der Waals surface area (Å²) in [6.07, 6.45) is 5.92. The van der Waals surface area contributed by atoms with Gasteiger partial charge in [0.05, 0.1) is 0 Å². The van der Waals surface area contributed by atoms with Gasteiger partial charge in [0.25, 0.3) is 0 Å². The number of rotatable bonds is 4. The lowest BCUT2D eigenvalue weighted by atomic mass is 9.84. The van der Waals surface area contributed by atoms with Crippen LogP contribution in [0.3, 0.4) is 0 Å². The molecule has 2 unspecified atom stereocenters. The van der Waals surface area contributed by atoms with Crippen molar-refractivity contribution in [2.24, 2.45) is 11.7 Å². The first kappa shape index (κ1) is 17.5. The Labute approximate surface area is 140 Å². The highest BCUT2D eigenvalue weighted by molar-refractivity contribution is 5.85. The Bertz CT molecular complexity index is 726. The molecule has 0 saturated heterocycles. The number of carbonyl (C=O) groups is 1. The van der Waals surface area contributed by atoms with Crippen molar-refractivity contribution in [3.63, 3.8) is 0 Å². The van der Waals surface area contributed by atoms with Crippen molar-refractivity contribution in [2.45, 2.75) is 38.3 Å². The highest BCUT2D eigenvalue weighted by Crippen LogP contribution is 2.23. The van der Waals surface area contributed by atoms with Crippen LogP contribution in [0.1, 0.15) is 25.7 Å². The molecule has 3 rings (SSSR count). The Morgan fingerprint density at radius 1 is 1.35 bits per heavy atom. The van der Waals surface area contributed by atoms with Gasteiger partial charge in [0.15, 0.2) is 5.65 Å². The fourth-order valence-corrected chi connectivity index (χ4v) is 3.14. The molecule has 8 heteroatoms. The van der Waals surface area contributed by atoms with E-state index in [1.807, 2.05) is 0 Å². The summed E-state index contributed by atoms with van der Waals surface area (Å²) in [4.78, 5) is 24.4. The number of nitrogens with two attached hydrogens (primary N) is 1. The molecule has 0 radical (unpaired) electrons. The molecule has 7 nitrogen and oxygen atoms in total. The van der Waals surface area contributed by atoms with E-state index >= 15 is 0 Å². The summed E-state index contributed by atoms with van der Waals surface area (Å²) in [5.41, 5.74) is 6.01. The maximum atomic E-state index is 12.2. The maximum absolute atomic E-state index is 12.2. The molecule has 23 heavy (non-hydrogen) atoms. The van der Waals surface area contributed by atoms with Crippen LogP contribution in [0.25, 0.3) is 5.65 Å². The lowest BCUT2D eigenvalue weighted by Gasteiger charge is -2.31. The highest BCUT2D eigenvalue weighted by atomic mass is 35.5. The second-order valence-corrected chi connectivity index (χ2v) is 5.82. The first-order valence-corrected chi connectivity index (χ1v) is 7.72. The van der Waals surface area contributed by atoms with E-state index in [9.17, 15) is 9.59 Å². The Kier molecular flexibility index (Phi) is 5.79. The summed E-state index contributed by atoms with van der Waals surface area (Å²) in [5.74, 6) is 0.145. The van der Waals surface area contributed by atoms with Crippen LogP contribution >= 0.6 is 12.4 Å². The van der Waals surface area contributed by atoms with Crippen LogP contribution in [0.4, 0.5) is 0 Å². The molecule has 1 aliphatic rings. The minimum absolute atomic E-state index is 0. The molecule has 3 N–H and O–H groups in total. The molecule has 2 aromatic heterocycles. The van der Waals surface area contributed by atoms with Gasteiger partial charge in [-0.2, -0.15) is 0 Å². The summed E-state index contributed by atoms with van der Waals surface area (Å²) in [5, 5.41) is 7.18. The predicted octanol–water partition coefficient (Wildman–Crippen LogP) is 0.551.